The third-order valence-electron chi connectivity index (χ3n) is 4.46. The zero-order chi connectivity index (χ0) is 21.1. The number of nitrogens with zero attached hydrogens (tertiary/aromatic N) is 4. The summed E-state index contributed by atoms with van der Waals surface area (Å²) in [6.07, 6.45) is 0.722. The fourth-order valence-corrected chi connectivity index (χ4v) is 4.22. The first-order valence-electron chi connectivity index (χ1n) is 9.04. The zero-order valence-corrected chi connectivity index (χ0v) is 19.2. The molecular formula is C20H22Cl2N4O3S. The number of fused-ring (bicyclic) bond motifs is 1. The minimum Gasteiger partial charge on any atom is -0.309 e. The Morgan fingerprint density at radius 2 is 1.97 bits per heavy atom. The third-order valence-corrected chi connectivity index (χ3v) is 5.84. The molecule has 0 aliphatic rings. The van der Waals surface area contributed by atoms with Gasteiger partial charge < -0.3 is 4.90 Å². The molecule has 0 bridgehead atoms. The van der Waals surface area contributed by atoms with Crippen LogP contribution in [0.2, 0.25) is 5.02 Å². The second-order valence-electron chi connectivity index (χ2n) is 6.95. The SMILES string of the molecule is Cc1cccc2sc(N(CCCN(C)C)C(=O)c3cc([N+](=O)[O-])ccc3Cl)nc12.Cl. The van der Waals surface area contributed by atoms with E-state index in [-0.39, 0.29) is 28.7 Å². The molecule has 30 heavy (non-hydrogen) atoms. The maximum atomic E-state index is 13.4. The van der Waals surface area contributed by atoms with Gasteiger partial charge in [0.2, 0.25) is 0 Å². The smallest absolute Gasteiger partial charge is 0.270 e. The van der Waals surface area contributed by atoms with Gasteiger partial charge in [-0.1, -0.05) is 35.1 Å². The van der Waals surface area contributed by atoms with Crippen LogP contribution < -0.4 is 4.90 Å². The van der Waals surface area contributed by atoms with E-state index in [9.17, 15) is 14.9 Å². The van der Waals surface area contributed by atoms with E-state index in [0.29, 0.717) is 11.7 Å². The lowest BCUT2D eigenvalue weighted by Crippen LogP contribution is -2.33. The number of hydrogen-bond acceptors (Lipinski definition) is 6. The lowest BCUT2D eigenvalue weighted by molar-refractivity contribution is -0.384. The summed E-state index contributed by atoms with van der Waals surface area (Å²) in [5, 5.41) is 11.9. The molecule has 0 N–H and O–H groups in total. The van der Waals surface area contributed by atoms with Crippen LogP contribution in [0.1, 0.15) is 22.3 Å². The number of non-ortho nitro benzene ring substituents is 1. The molecule has 0 saturated heterocycles. The van der Waals surface area contributed by atoms with Crippen molar-refractivity contribution in [3.63, 3.8) is 0 Å². The van der Waals surface area contributed by atoms with Crippen molar-refractivity contribution in [1.29, 1.82) is 0 Å². The van der Waals surface area contributed by atoms with Crippen molar-refractivity contribution in [2.24, 2.45) is 0 Å². The summed E-state index contributed by atoms with van der Waals surface area (Å²) < 4.78 is 0.982. The summed E-state index contributed by atoms with van der Waals surface area (Å²) in [6, 6.07) is 9.79. The maximum Gasteiger partial charge on any atom is 0.270 e. The molecule has 7 nitrogen and oxygen atoms in total. The quantitative estimate of drug-likeness (QED) is 0.352. The third kappa shape index (κ3) is 5.26. The highest BCUT2D eigenvalue weighted by atomic mass is 35.5. The molecule has 0 fully saturated rings. The molecule has 1 amide bonds. The Kier molecular flexibility index (Phi) is 8.14. The number of aryl methyl sites for hydroxylation is 1. The van der Waals surface area contributed by atoms with Gasteiger partial charge in [0.15, 0.2) is 5.13 Å². The highest BCUT2D eigenvalue weighted by Gasteiger charge is 2.25. The Hall–Kier alpha value is -2.26. The van der Waals surface area contributed by atoms with Crippen molar-refractivity contribution in [3.05, 3.63) is 62.7 Å². The van der Waals surface area contributed by atoms with Crippen molar-refractivity contribution in [3.8, 4) is 0 Å². The lowest BCUT2D eigenvalue weighted by Gasteiger charge is -2.21. The van der Waals surface area contributed by atoms with Crippen LogP contribution in [0, 0.1) is 17.0 Å². The summed E-state index contributed by atoms with van der Waals surface area (Å²) in [4.78, 5) is 32.2. The van der Waals surface area contributed by atoms with E-state index in [0.717, 1.165) is 28.7 Å². The Labute approximate surface area is 189 Å². The highest BCUT2D eigenvalue weighted by molar-refractivity contribution is 7.22. The lowest BCUT2D eigenvalue weighted by atomic mass is 10.1. The van der Waals surface area contributed by atoms with Gasteiger partial charge in [-0.3, -0.25) is 19.8 Å². The molecule has 0 radical (unpaired) electrons. The molecule has 0 atom stereocenters. The number of halogens is 2. The maximum absolute atomic E-state index is 13.4. The summed E-state index contributed by atoms with van der Waals surface area (Å²) in [5.74, 6) is -0.394. The summed E-state index contributed by atoms with van der Waals surface area (Å²) >= 11 is 7.64. The van der Waals surface area contributed by atoms with Gasteiger partial charge in [0.1, 0.15) is 0 Å². The predicted molar refractivity (Wildman–Crippen MR) is 125 cm³/mol. The van der Waals surface area contributed by atoms with Crippen LogP contribution >= 0.6 is 35.3 Å². The van der Waals surface area contributed by atoms with Gasteiger partial charge in [-0.25, -0.2) is 4.98 Å². The van der Waals surface area contributed by atoms with E-state index in [2.05, 4.69) is 4.98 Å². The number of amides is 1. The van der Waals surface area contributed by atoms with Crippen LogP contribution in [0.15, 0.2) is 36.4 Å². The fraction of sp³-hybridized carbons (Fsp3) is 0.300. The fourth-order valence-electron chi connectivity index (χ4n) is 2.96. The van der Waals surface area contributed by atoms with Crippen LogP contribution in [0.25, 0.3) is 10.2 Å². The molecule has 2 aromatic carbocycles. The van der Waals surface area contributed by atoms with E-state index >= 15 is 0 Å². The Morgan fingerprint density at radius 1 is 1.23 bits per heavy atom. The molecule has 1 heterocycles. The van der Waals surface area contributed by atoms with Crippen LogP contribution in [0.5, 0.6) is 0 Å². The molecule has 10 heteroatoms. The number of thiazole rings is 1. The number of aromatic nitrogens is 1. The average Bonchev–Trinajstić information content (AvgIpc) is 3.10. The van der Waals surface area contributed by atoms with Gasteiger partial charge >= 0.3 is 0 Å². The Balaban J connectivity index is 0.00000320. The predicted octanol–water partition coefficient (Wildman–Crippen LogP) is 5.19. The number of nitro groups is 1. The highest BCUT2D eigenvalue weighted by Crippen LogP contribution is 2.33. The van der Waals surface area contributed by atoms with E-state index in [1.807, 2.05) is 44.1 Å². The van der Waals surface area contributed by atoms with Crippen molar-refractivity contribution in [2.45, 2.75) is 13.3 Å². The van der Waals surface area contributed by atoms with Crippen LogP contribution in [0.3, 0.4) is 0 Å². The average molecular weight is 469 g/mol. The topological polar surface area (TPSA) is 79.6 Å². The van der Waals surface area contributed by atoms with E-state index in [1.54, 1.807) is 4.90 Å². The number of hydrogen-bond donors (Lipinski definition) is 0. The Morgan fingerprint density at radius 3 is 2.60 bits per heavy atom. The van der Waals surface area contributed by atoms with Crippen molar-refractivity contribution in [2.75, 3.05) is 32.1 Å². The molecule has 3 aromatic rings. The van der Waals surface area contributed by atoms with Crippen LogP contribution in [-0.2, 0) is 0 Å². The number of benzene rings is 2. The Bertz CT molecular complexity index is 1070. The molecule has 160 valence electrons. The molecule has 1 aromatic heterocycles. The van der Waals surface area contributed by atoms with Gasteiger partial charge in [-0.2, -0.15) is 0 Å². The molecule has 0 aliphatic carbocycles. The zero-order valence-electron chi connectivity index (χ0n) is 16.8. The summed E-state index contributed by atoms with van der Waals surface area (Å²) in [5.41, 5.74) is 1.80. The second-order valence-corrected chi connectivity index (χ2v) is 8.37. The number of carbonyl (C=O) groups is 1. The first-order chi connectivity index (χ1) is 13.8. The molecule has 0 spiro atoms. The summed E-state index contributed by atoms with van der Waals surface area (Å²) in [6.45, 7) is 3.19. The minimum atomic E-state index is -0.537. The van der Waals surface area contributed by atoms with Gasteiger partial charge in [-0.05, 0) is 51.7 Å². The molecule has 0 unspecified atom stereocenters. The standard InChI is InChI=1S/C20H21ClN4O3S.ClH/c1-13-6-4-7-17-18(13)22-20(29-17)24(11-5-10-23(2)3)19(26)15-12-14(25(27)28)8-9-16(15)21;/h4,6-9,12H,5,10-11H2,1-3H3;1H. The van der Waals surface area contributed by atoms with Crippen molar-refractivity contribution < 1.29 is 9.72 Å². The van der Waals surface area contributed by atoms with Crippen LogP contribution in [0.4, 0.5) is 10.8 Å². The van der Waals surface area contributed by atoms with Crippen molar-refractivity contribution >= 4 is 62.3 Å². The molecule has 3 rings (SSSR count). The van der Waals surface area contributed by atoms with Crippen LogP contribution in [-0.4, -0.2) is 47.9 Å². The van der Waals surface area contributed by atoms with E-state index < -0.39 is 10.8 Å². The first kappa shape index (κ1) is 24.0. The second kappa shape index (κ2) is 10.2. The van der Waals surface area contributed by atoms with Gasteiger partial charge in [0, 0.05) is 18.7 Å². The largest absolute Gasteiger partial charge is 0.309 e. The summed E-state index contributed by atoms with van der Waals surface area (Å²) in [7, 11) is 3.93. The van der Waals surface area contributed by atoms with Crippen molar-refractivity contribution in [1.82, 2.24) is 9.88 Å². The number of para-hydroxylation sites is 1. The first-order valence-corrected chi connectivity index (χ1v) is 10.2. The number of nitro benzene ring substituents is 1. The minimum absolute atomic E-state index is 0. The number of rotatable bonds is 7. The molecular weight excluding hydrogens is 447 g/mol. The number of anilines is 1. The van der Waals surface area contributed by atoms with E-state index in [4.69, 9.17) is 11.6 Å². The van der Waals surface area contributed by atoms with Gasteiger partial charge in [-0.15, -0.1) is 12.4 Å². The normalized spacial score (nSPS) is 10.8. The van der Waals surface area contributed by atoms with Gasteiger partial charge in [0.25, 0.3) is 11.6 Å². The molecule has 0 aliphatic heterocycles. The monoisotopic (exact) mass is 468 g/mol. The van der Waals surface area contributed by atoms with Gasteiger partial charge in [0.05, 0.1) is 25.7 Å². The molecule has 0 saturated carbocycles. The number of carbonyl (C=O) groups excluding carboxylic acids is 1. The van der Waals surface area contributed by atoms with E-state index in [1.165, 1.54) is 29.5 Å².